The molecule has 0 spiro atoms. The quantitative estimate of drug-likeness (QED) is 0.677. The van der Waals surface area contributed by atoms with Crippen molar-refractivity contribution in [3.05, 3.63) is 35.1 Å². The van der Waals surface area contributed by atoms with E-state index in [1.807, 2.05) is 13.8 Å². The number of urea groups is 1. The topological polar surface area (TPSA) is 79.0 Å². The Bertz CT molecular complexity index is 875. The number of aryl methyl sites for hydroxylation is 1. The Morgan fingerprint density at radius 2 is 1.91 bits per heavy atom. The predicted octanol–water partition coefficient (Wildman–Crippen LogP) is 3.81. The molecule has 0 saturated carbocycles. The molecule has 7 nitrogen and oxygen atoms in total. The van der Waals surface area contributed by atoms with Crippen LogP contribution in [0.5, 0.6) is 0 Å². The highest BCUT2D eigenvalue weighted by Crippen LogP contribution is 2.35. The minimum Gasteiger partial charge on any atom is -0.466 e. The van der Waals surface area contributed by atoms with E-state index in [-0.39, 0.29) is 47.6 Å². The number of carbonyl (C=O) groups is 3. The summed E-state index contributed by atoms with van der Waals surface area (Å²) < 4.78 is 19.0. The highest BCUT2D eigenvalue weighted by molar-refractivity contribution is 5.82. The van der Waals surface area contributed by atoms with E-state index in [1.54, 1.807) is 35.8 Å². The highest BCUT2D eigenvalue weighted by atomic mass is 19.1. The first-order valence-corrected chi connectivity index (χ1v) is 12.0. The van der Waals surface area contributed by atoms with Crippen molar-refractivity contribution in [1.82, 2.24) is 15.1 Å². The average Bonchev–Trinajstić information content (AvgIpc) is 2.80. The summed E-state index contributed by atoms with van der Waals surface area (Å²) in [6.07, 6.45) is 2.73. The van der Waals surface area contributed by atoms with Gasteiger partial charge in [-0.15, -0.1) is 0 Å². The summed E-state index contributed by atoms with van der Waals surface area (Å²) >= 11 is 0. The summed E-state index contributed by atoms with van der Waals surface area (Å²) in [6, 6.07) is 4.45. The summed E-state index contributed by atoms with van der Waals surface area (Å²) in [4.78, 5) is 42.1. The fraction of sp³-hybridized carbons (Fsp3) is 0.640. The molecule has 0 unspecified atom stereocenters. The van der Waals surface area contributed by atoms with Gasteiger partial charge in [-0.05, 0) is 70.6 Å². The zero-order valence-electron chi connectivity index (χ0n) is 20.1. The number of piperidine rings is 2. The van der Waals surface area contributed by atoms with Gasteiger partial charge in [0.05, 0.1) is 24.5 Å². The maximum absolute atomic E-state index is 13.8. The molecular weight excluding hydrogens is 425 g/mol. The van der Waals surface area contributed by atoms with Crippen LogP contribution in [-0.4, -0.2) is 60.0 Å². The number of hydrogen-bond donors (Lipinski definition) is 1. The van der Waals surface area contributed by atoms with E-state index < -0.39 is 0 Å². The molecule has 2 saturated heterocycles. The Kier molecular flexibility index (Phi) is 8.32. The molecule has 182 valence electrons. The second kappa shape index (κ2) is 11.0. The van der Waals surface area contributed by atoms with Crippen LogP contribution in [0, 0.1) is 24.6 Å². The van der Waals surface area contributed by atoms with Crippen LogP contribution in [0.2, 0.25) is 0 Å². The van der Waals surface area contributed by atoms with E-state index in [4.69, 9.17) is 4.74 Å². The fourth-order valence-electron chi connectivity index (χ4n) is 4.84. The summed E-state index contributed by atoms with van der Waals surface area (Å²) in [6.45, 7) is 8.88. The third-order valence-corrected chi connectivity index (χ3v) is 6.52. The first-order chi connectivity index (χ1) is 15.7. The Morgan fingerprint density at radius 1 is 1.15 bits per heavy atom. The van der Waals surface area contributed by atoms with Gasteiger partial charge >= 0.3 is 12.0 Å². The van der Waals surface area contributed by atoms with Gasteiger partial charge in [0.2, 0.25) is 5.91 Å². The van der Waals surface area contributed by atoms with E-state index in [0.717, 1.165) is 18.4 Å². The molecule has 2 aliphatic rings. The van der Waals surface area contributed by atoms with Crippen LogP contribution in [-0.2, 0) is 14.3 Å². The standard InChI is InChI=1S/C25H36FN3O4/c1-5-33-24(31)20-7-6-12-28(14-20)23(30)19-9-11-22(18-8-10-21(26)17(4)13-18)29(15-19)25(32)27-16(2)3/h8,10,13,16,19-20,22H,5-7,9,11-12,14-15H2,1-4H3,(H,27,32)/t19-,20-,22+/m1/s1. The van der Waals surface area contributed by atoms with E-state index in [9.17, 15) is 18.8 Å². The van der Waals surface area contributed by atoms with Gasteiger partial charge in [-0.3, -0.25) is 9.59 Å². The van der Waals surface area contributed by atoms with Crippen molar-refractivity contribution in [1.29, 1.82) is 0 Å². The normalized spacial score (nSPS) is 23.4. The number of likely N-dealkylation sites (tertiary alicyclic amines) is 2. The lowest BCUT2D eigenvalue weighted by Gasteiger charge is -2.42. The van der Waals surface area contributed by atoms with Gasteiger partial charge in [-0.2, -0.15) is 0 Å². The summed E-state index contributed by atoms with van der Waals surface area (Å²) in [5, 5.41) is 2.94. The number of amides is 3. The fourth-order valence-corrected chi connectivity index (χ4v) is 4.84. The number of ether oxygens (including phenoxy) is 1. The van der Waals surface area contributed by atoms with Crippen LogP contribution in [0.25, 0.3) is 0 Å². The molecule has 0 aliphatic carbocycles. The molecule has 0 bridgehead atoms. The van der Waals surface area contributed by atoms with Gasteiger partial charge in [-0.25, -0.2) is 9.18 Å². The van der Waals surface area contributed by atoms with Crippen molar-refractivity contribution in [2.75, 3.05) is 26.2 Å². The zero-order chi connectivity index (χ0) is 24.1. The van der Waals surface area contributed by atoms with Crippen LogP contribution >= 0.6 is 0 Å². The Balaban J connectivity index is 1.76. The number of nitrogens with one attached hydrogen (secondary N) is 1. The van der Waals surface area contributed by atoms with Crippen LogP contribution in [0.1, 0.15) is 63.6 Å². The Morgan fingerprint density at radius 3 is 2.58 bits per heavy atom. The molecule has 3 amide bonds. The predicted molar refractivity (Wildman–Crippen MR) is 123 cm³/mol. The Labute approximate surface area is 195 Å². The van der Waals surface area contributed by atoms with E-state index in [2.05, 4.69) is 5.32 Å². The van der Waals surface area contributed by atoms with Gasteiger partial charge in [-0.1, -0.05) is 12.1 Å². The number of nitrogens with zero attached hydrogens (tertiary/aromatic N) is 2. The van der Waals surface area contributed by atoms with Gasteiger partial charge in [0.25, 0.3) is 0 Å². The second-order valence-electron chi connectivity index (χ2n) is 9.43. The van der Waals surface area contributed by atoms with Crippen molar-refractivity contribution in [3.8, 4) is 0 Å². The molecule has 33 heavy (non-hydrogen) atoms. The molecule has 3 atom stereocenters. The molecule has 1 aromatic rings. The SMILES string of the molecule is CCOC(=O)[C@@H]1CCCN(C(=O)[C@@H]2CC[C@@H](c3ccc(F)c(C)c3)N(C(=O)NC(C)C)C2)C1. The summed E-state index contributed by atoms with van der Waals surface area (Å²) in [7, 11) is 0. The molecule has 1 aromatic carbocycles. The lowest BCUT2D eigenvalue weighted by molar-refractivity contribution is -0.152. The minimum absolute atomic E-state index is 0.0138. The minimum atomic E-state index is -0.332. The van der Waals surface area contributed by atoms with Crippen molar-refractivity contribution in [2.45, 2.75) is 65.5 Å². The molecule has 3 rings (SSSR count). The monoisotopic (exact) mass is 461 g/mol. The average molecular weight is 462 g/mol. The Hall–Kier alpha value is -2.64. The molecule has 1 N–H and O–H groups in total. The van der Waals surface area contributed by atoms with Gasteiger partial charge in [0.1, 0.15) is 5.82 Å². The number of carbonyl (C=O) groups excluding carboxylic acids is 3. The number of rotatable bonds is 5. The highest BCUT2D eigenvalue weighted by Gasteiger charge is 2.39. The van der Waals surface area contributed by atoms with E-state index in [0.29, 0.717) is 44.6 Å². The van der Waals surface area contributed by atoms with Crippen LogP contribution in [0.3, 0.4) is 0 Å². The summed E-state index contributed by atoms with van der Waals surface area (Å²) in [5.41, 5.74) is 1.41. The van der Waals surface area contributed by atoms with Crippen LogP contribution < -0.4 is 5.32 Å². The van der Waals surface area contributed by atoms with Crippen molar-refractivity contribution >= 4 is 17.9 Å². The zero-order valence-corrected chi connectivity index (χ0v) is 20.1. The summed E-state index contributed by atoms with van der Waals surface area (Å²) in [5.74, 6) is -1.16. The van der Waals surface area contributed by atoms with Gasteiger partial charge in [0, 0.05) is 25.7 Å². The van der Waals surface area contributed by atoms with Gasteiger partial charge < -0.3 is 19.9 Å². The van der Waals surface area contributed by atoms with Crippen molar-refractivity contribution in [2.24, 2.45) is 11.8 Å². The molecule has 0 radical (unpaired) electrons. The van der Waals surface area contributed by atoms with Crippen LogP contribution in [0.4, 0.5) is 9.18 Å². The first kappa shape index (κ1) is 25.0. The molecule has 0 aromatic heterocycles. The third-order valence-electron chi connectivity index (χ3n) is 6.52. The molecule has 2 fully saturated rings. The largest absolute Gasteiger partial charge is 0.466 e. The second-order valence-corrected chi connectivity index (χ2v) is 9.43. The molecule has 2 heterocycles. The lowest BCUT2D eigenvalue weighted by atomic mass is 9.87. The molecule has 2 aliphatic heterocycles. The first-order valence-electron chi connectivity index (χ1n) is 12.0. The van der Waals surface area contributed by atoms with Crippen molar-refractivity contribution in [3.63, 3.8) is 0 Å². The van der Waals surface area contributed by atoms with Crippen LogP contribution in [0.15, 0.2) is 18.2 Å². The number of hydrogen-bond acceptors (Lipinski definition) is 4. The van der Waals surface area contributed by atoms with E-state index in [1.165, 1.54) is 6.07 Å². The number of halogens is 1. The lowest BCUT2D eigenvalue weighted by Crippen LogP contribution is -2.53. The molecule has 8 heteroatoms. The number of esters is 1. The maximum atomic E-state index is 13.8. The van der Waals surface area contributed by atoms with E-state index >= 15 is 0 Å². The van der Waals surface area contributed by atoms with Crippen molar-refractivity contribution < 1.29 is 23.5 Å². The molecular formula is C25H36FN3O4. The van der Waals surface area contributed by atoms with Gasteiger partial charge in [0.15, 0.2) is 0 Å². The number of benzene rings is 1. The third kappa shape index (κ3) is 6.03. The maximum Gasteiger partial charge on any atom is 0.318 e. The smallest absolute Gasteiger partial charge is 0.318 e.